The average Bonchev–Trinajstić information content (AvgIpc) is 3.51. The van der Waals surface area contributed by atoms with Gasteiger partial charge in [0, 0.05) is 69.9 Å². The van der Waals surface area contributed by atoms with Gasteiger partial charge in [0.15, 0.2) is 5.82 Å². The molecule has 6 aliphatic rings. The van der Waals surface area contributed by atoms with Gasteiger partial charge in [0.1, 0.15) is 17.2 Å². The van der Waals surface area contributed by atoms with Crippen LogP contribution in [0.25, 0.3) is 11.0 Å². The summed E-state index contributed by atoms with van der Waals surface area (Å²) < 4.78 is 58.4. The number of aliphatic hydroxyl groups is 1. The number of nitro groups is 1. The number of aromatic amines is 1. The maximum Gasteiger partial charge on any atom is 0.293 e. The molecule has 0 radical (unpaired) electrons. The van der Waals surface area contributed by atoms with Crippen molar-refractivity contribution < 1.29 is 37.1 Å². The molecule has 3 saturated heterocycles. The number of carbonyl (C=O) groups excluding carboxylic acids is 1. The fourth-order valence-corrected chi connectivity index (χ4v) is 14.0. The topological polar surface area (TPSA) is 199 Å². The Morgan fingerprint density at radius 2 is 1.71 bits per heavy atom. The van der Waals surface area contributed by atoms with Crippen LogP contribution in [0.4, 0.5) is 38.6 Å². The summed E-state index contributed by atoms with van der Waals surface area (Å²) in [5.41, 5.74) is 4.28. The molecular formula is C56H70FN9O8S. The molecule has 11 rings (SSSR count). The van der Waals surface area contributed by atoms with Gasteiger partial charge in [-0.3, -0.25) is 19.8 Å². The van der Waals surface area contributed by atoms with E-state index < -0.39 is 42.9 Å². The second-order valence-corrected chi connectivity index (χ2v) is 24.3. The van der Waals surface area contributed by atoms with E-state index in [-0.39, 0.29) is 40.1 Å². The lowest BCUT2D eigenvalue weighted by Gasteiger charge is -2.57. The summed E-state index contributed by atoms with van der Waals surface area (Å²) in [6.45, 7) is 12.7. The van der Waals surface area contributed by atoms with Gasteiger partial charge in [0.05, 0.1) is 69.6 Å². The first-order chi connectivity index (χ1) is 36.1. The Bertz CT molecular complexity index is 3050. The van der Waals surface area contributed by atoms with Crippen molar-refractivity contribution in [1.29, 1.82) is 0 Å². The standard InChI is InChI=1S/C56H70FN9O8S/c1-36(2)42-7-4-5-8-43(42)51-35-74-26-24-63(51)40-30-56(31-40)18-22-62(23-19-56)38-9-11-44(48(27-38)65-21-15-39-34-73-25-6-20-64(39)53-50(65)29-45-46(57)33-59-52(45)60-53)54(67)61-75(71,72)41-10-12-47(49(28-41)66(69)70)58-32-37-13-16-55(3,68)17-14-37/h4-5,7-12,27-29,33,36-37,39-40,51,58,68H,6,13-26,30-32,34-35H2,1-3H3,(H,59,60)(H,61,67)/t37-,39-,51-,55-/m0/s1. The largest absolute Gasteiger partial charge is 0.390 e. The van der Waals surface area contributed by atoms with Crippen molar-refractivity contribution >= 4 is 61.2 Å². The zero-order chi connectivity index (χ0) is 52.2. The Morgan fingerprint density at radius 1 is 0.933 bits per heavy atom. The molecule has 2 atom stereocenters. The number of aromatic nitrogens is 2. The van der Waals surface area contributed by atoms with E-state index in [9.17, 15) is 28.4 Å². The van der Waals surface area contributed by atoms with Crippen molar-refractivity contribution in [2.75, 3.05) is 85.7 Å². The number of piperidine rings is 1. The number of nitro benzene ring substituents is 1. The number of hydrogen-bond donors (Lipinski definition) is 4. The highest BCUT2D eigenvalue weighted by molar-refractivity contribution is 7.90. The summed E-state index contributed by atoms with van der Waals surface area (Å²) in [6, 6.07) is 20.2. The molecule has 2 aliphatic carbocycles. The van der Waals surface area contributed by atoms with Gasteiger partial charge in [-0.2, -0.15) is 0 Å². The smallest absolute Gasteiger partial charge is 0.293 e. The Labute approximate surface area is 438 Å². The molecule has 4 aliphatic heterocycles. The minimum atomic E-state index is -4.66. The number of fused-ring (bicyclic) bond motifs is 4. The number of sulfonamides is 1. The van der Waals surface area contributed by atoms with Crippen LogP contribution in [-0.4, -0.2) is 123 Å². The summed E-state index contributed by atoms with van der Waals surface area (Å²) in [5.74, 6) is -0.188. The molecule has 5 fully saturated rings. The van der Waals surface area contributed by atoms with Crippen LogP contribution < -0.4 is 24.7 Å². The third-order valence-electron chi connectivity index (χ3n) is 17.4. The molecule has 19 heteroatoms. The van der Waals surface area contributed by atoms with E-state index >= 15 is 4.39 Å². The van der Waals surface area contributed by atoms with Crippen molar-refractivity contribution in [3.8, 4) is 0 Å². The summed E-state index contributed by atoms with van der Waals surface area (Å²) >= 11 is 0. The third-order valence-corrected chi connectivity index (χ3v) is 18.7. The Hall–Kier alpha value is -5.86. The summed E-state index contributed by atoms with van der Waals surface area (Å²) in [4.78, 5) is 43.3. The lowest BCUT2D eigenvalue weighted by atomic mass is 9.59. The zero-order valence-electron chi connectivity index (χ0n) is 43.2. The van der Waals surface area contributed by atoms with Gasteiger partial charge in [-0.15, -0.1) is 0 Å². The number of carbonyl (C=O) groups is 1. The predicted octanol–water partition coefficient (Wildman–Crippen LogP) is 9.17. The number of nitrogens with zero attached hydrogens (tertiary/aromatic N) is 6. The number of halogens is 1. The van der Waals surface area contributed by atoms with Crippen LogP contribution >= 0.6 is 0 Å². The molecule has 17 nitrogen and oxygen atoms in total. The summed E-state index contributed by atoms with van der Waals surface area (Å²) in [5, 5.41) is 26.2. The van der Waals surface area contributed by atoms with Crippen LogP contribution in [0, 0.1) is 27.3 Å². The number of anilines is 5. The zero-order valence-corrected chi connectivity index (χ0v) is 44.0. The maximum atomic E-state index is 15.5. The quantitative estimate of drug-likeness (QED) is 0.0681. The Balaban J connectivity index is 0.878. The van der Waals surface area contributed by atoms with Crippen molar-refractivity contribution in [2.45, 2.75) is 120 Å². The van der Waals surface area contributed by atoms with E-state index in [4.69, 9.17) is 14.5 Å². The Kier molecular flexibility index (Phi) is 14.1. The number of benzene rings is 3. The first kappa shape index (κ1) is 51.3. The van der Waals surface area contributed by atoms with E-state index in [0.29, 0.717) is 93.5 Å². The van der Waals surface area contributed by atoms with Gasteiger partial charge in [0.25, 0.3) is 21.6 Å². The van der Waals surface area contributed by atoms with E-state index in [2.05, 4.69) is 67.8 Å². The molecule has 5 aromatic rings. The number of amides is 1. The third kappa shape index (κ3) is 10.3. The molecule has 1 spiro atoms. The second-order valence-electron chi connectivity index (χ2n) is 22.6. The number of hydrogen-bond acceptors (Lipinski definition) is 14. The van der Waals surface area contributed by atoms with Crippen molar-refractivity contribution in [1.82, 2.24) is 19.6 Å². The number of pyridine rings is 1. The van der Waals surface area contributed by atoms with E-state index in [1.807, 2.05) is 24.0 Å². The highest BCUT2D eigenvalue weighted by atomic mass is 32.2. The molecule has 6 heterocycles. The normalized spacial score (nSPS) is 24.6. The maximum absolute atomic E-state index is 15.5. The lowest BCUT2D eigenvalue weighted by molar-refractivity contribution is -0.384. The van der Waals surface area contributed by atoms with Gasteiger partial charge in [-0.05, 0) is 136 Å². The summed E-state index contributed by atoms with van der Waals surface area (Å²) in [6.07, 6.45) is 9.63. The number of ether oxygens (including phenoxy) is 2. The fourth-order valence-electron chi connectivity index (χ4n) is 13.0. The van der Waals surface area contributed by atoms with E-state index in [0.717, 1.165) is 82.9 Å². The minimum absolute atomic E-state index is 0.0601. The van der Waals surface area contributed by atoms with Crippen LogP contribution in [0.15, 0.2) is 77.8 Å². The van der Waals surface area contributed by atoms with Gasteiger partial charge in [-0.1, -0.05) is 38.1 Å². The molecule has 400 valence electrons. The van der Waals surface area contributed by atoms with Crippen molar-refractivity contribution in [3.63, 3.8) is 0 Å². The summed E-state index contributed by atoms with van der Waals surface area (Å²) in [7, 11) is -4.66. The lowest BCUT2D eigenvalue weighted by Crippen LogP contribution is -2.58. The number of morpholine rings is 1. The van der Waals surface area contributed by atoms with Crippen molar-refractivity contribution in [2.24, 2.45) is 11.3 Å². The van der Waals surface area contributed by atoms with Crippen LogP contribution in [0.3, 0.4) is 0 Å². The predicted molar refractivity (Wildman–Crippen MR) is 287 cm³/mol. The van der Waals surface area contributed by atoms with Crippen molar-refractivity contribution in [3.05, 3.63) is 106 Å². The Morgan fingerprint density at radius 3 is 2.48 bits per heavy atom. The first-order valence-electron chi connectivity index (χ1n) is 27.0. The van der Waals surface area contributed by atoms with Gasteiger partial charge >= 0.3 is 0 Å². The number of rotatable bonds is 12. The molecule has 3 aromatic carbocycles. The molecular weight excluding hydrogens is 978 g/mol. The van der Waals surface area contributed by atoms with E-state index in [1.54, 1.807) is 12.1 Å². The SMILES string of the molecule is CC(C)c1ccccc1[C@@H]1COCCN1C1CC2(CCN(c3ccc(C(=O)NS(=O)(=O)c4ccc(NC[C@H]5CC[C@](C)(O)CC5)c([N+](=O)[O-])c4)c(N4CC[C@H]5COCCCN5c5nc6[nH]cc(F)c6cc54)c3)CC2)C1. The molecule has 1 amide bonds. The molecule has 2 aromatic heterocycles. The first-order valence-corrected chi connectivity index (χ1v) is 28.5. The van der Waals surface area contributed by atoms with Crippen LogP contribution in [-0.2, 0) is 19.5 Å². The highest BCUT2D eigenvalue weighted by Gasteiger charge is 2.50. The molecule has 0 unspecified atom stereocenters. The average molecular weight is 1050 g/mol. The molecule has 0 bridgehead atoms. The molecule has 4 N–H and O–H groups in total. The van der Waals surface area contributed by atoms with E-state index in [1.165, 1.54) is 29.5 Å². The van der Waals surface area contributed by atoms with Crippen LogP contribution in [0.5, 0.6) is 0 Å². The second kappa shape index (κ2) is 20.6. The molecule has 75 heavy (non-hydrogen) atoms. The highest BCUT2D eigenvalue weighted by Crippen LogP contribution is 2.54. The number of nitrogens with one attached hydrogen (secondary N) is 3. The molecule has 2 saturated carbocycles. The van der Waals surface area contributed by atoms with Gasteiger partial charge in [-0.25, -0.2) is 22.5 Å². The fraction of sp³-hybridized carbons (Fsp3) is 0.536. The van der Waals surface area contributed by atoms with Crippen LogP contribution in [0.1, 0.15) is 118 Å². The minimum Gasteiger partial charge on any atom is -0.390 e. The van der Waals surface area contributed by atoms with Gasteiger partial charge in [0.2, 0.25) is 0 Å². The monoisotopic (exact) mass is 1050 g/mol. The van der Waals surface area contributed by atoms with Crippen LogP contribution in [0.2, 0.25) is 0 Å². The van der Waals surface area contributed by atoms with Gasteiger partial charge < -0.3 is 39.6 Å². The number of H-pyrrole nitrogens is 1.